The first-order valence-electron chi connectivity index (χ1n) is 8.30. The maximum Gasteiger partial charge on any atom is 0.262 e. The van der Waals surface area contributed by atoms with Crippen LogP contribution in [0.25, 0.3) is 0 Å². The number of aromatic nitrogens is 3. The Kier molecular flexibility index (Phi) is 3.90. The molecular formula is C17H18N6O3. The van der Waals surface area contributed by atoms with Gasteiger partial charge in [-0.25, -0.2) is 4.98 Å². The zero-order valence-electron chi connectivity index (χ0n) is 14.5. The van der Waals surface area contributed by atoms with Crippen molar-refractivity contribution in [2.24, 2.45) is 18.1 Å². The van der Waals surface area contributed by atoms with Crippen molar-refractivity contribution in [2.45, 2.75) is 19.3 Å². The number of amides is 2. The predicted molar refractivity (Wildman–Crippen MR) is 94.2 cm³/mol. The SMILES string of the molecule is COc1nn(C)cc1C(=O)Nc1ccc(N2N=C(C3CC3)CC2=O)nc1. The lowest BCUT2D eigenvalue weighted by Gasteiger charge is -2.11. The molecule has 3 heterocycles. The zero-order chi connectivity index (χ0) is 18.3. The van der Waals surface area contributed by atoms with Crippen LogP contribution in [0.3, 0.4) is 0 Å². The summed E-state index contributed by atoms with van der Waals surface area (Å²) in [6.45, 7) is 0. The molecule has 9 nitrogen and oxygen atoms in total. The van der Waals surface area contributed by atoms with Gasteiger partial charge in [-0.3, -0.25) is 14.3 Å². The minimum Gasteiger partial charge on any atom is -0.479 e. The van der Waals surface area contributed by atoms with Crippen molar-refractivity contribution in [3.8, 4) is 5.88 Å². The van der Waals surface area contributed by atoms with Crippen LogP contribution < -0.4 is 15.1 Å². The fraction of sp³-hybridized carbons (Fsp3) is 0.353. The highest BCUT2D eigenvalue weighted by Gasteiger charge is 2.35. The molecule has 26 heavy (non-hydrogen) atoms. The molecular weight excluding hydrogens is 336 g/mol. The van der Waals surface area contributed by atoms with E-state index in [2.05, 4.69) is 20.5 Å². The molecule has 1 fully saturated rings. The van der Waals surface area contributed by atoms with E-state index in [-0.39, 0.29) is 17.7 Å². The molecule has 0 aromatic carbocycles. The molecule has 0 saturated heterocycles. The predicted octanol–water partition coefficient (Wildman–Crippen LogP) is 1.58. The largest absolute Gasteiger partial charge is 0.479 e. The maximum atomic E-state index is 12.4. The van der Waals surface area contributed by atoms with E-state index in [9.17, 15) is 9.59 Å². The van der Waals surface area contributed by atoms with Gasteiger partial charge in [0.2, 0.25) is 5.88 Å². The van der Waals surface area contributed by atoms with Gasteiger partial charge in [-0.15, -0.1) is 5.10 Å². The van der Waals surface area contributed by atoms with Gasteiger partial charge in [-0.1, -0.05) is 0 Å². The Bertz CT molecular complexity index is 898. The van der Waals surface area contributed by atoms with Crippen LogP contribution in [0.4, 0.5) is 11.5 Å². The number of hydrogen-bond donors (Lipinski definition) is 1. The summed E-state index contributed by atoms with van der Waals surface area (Å²) in [4.78, 5) is 28.7. The van der Waals surface area contributed by atoms with Gasteiger partial charge in [0.05, 0.1) is 31.1 Å². The first-order valence-corrected chi connectivity index (χ1v) is 8.30. The van der Waals surface area contributed by atoms with E-state index < -0.39 is 0 Å². The molecule has 1 saturated carbocycles. The van der Waals surface area contributed by atoms with Crippen LogP contribution in [0.1, 0.15) is 29.6 Å². The zero-order valence-corrected chi connectivity index (χ0v) is 14.5. The third-order valence-electron chi connectivity index (χ3n) is 4.30. The van der Waals surface area contributed by atoms with Gasteiger partial charge < -0.3 is 10.1 Å². The van der Waals surface area contributed by atoms with Crippen LogP contribution in [-0.4, -0.2) is 39.4 Å². The quantitative estimate of drug-likeness (QED) is 0.878. The molecule has 2 amide bonds. The number of hydrazone groups is 1. The summed E-state index contributed by atoms with van der Waals surface area (Å²) in [5, 5.41) is 12.5. The lowest BCUT2D eigenvalue weighted by Crippen LogP contribution is -2.20. The monoisotopic (exact) mass is 354 g/mol. The Labute approximate surface area is 149 Å². The number of aryl methyl sites for hydroxylation is 1. The second-order valence-corrected chi connectivity index (χ2v) is 6.33. The highest BCUT2D eigenvalue weighted by atomic mass is 16.5. The molecule has 134 valence electrons. The van der Waals surface area contributed by atoms with E-state index in [0.717, 1.165) is 18.6 Å². The number of methoxy groups -OCH3 is 1. The molecule has 9 heteroatoms. The van der Waals surface area contributed by atoms with Crippen LogP contribution in [0.15, 0.2) is 29.6 Å². The Balaban J connectivity index is 1.48. The van der Waals surface area contributed by atoms with Gasteiger partial charge in [0.25, 0.3) is 11.8 Å². The molecule has 0 unspecified atom stereocenters. The average molecular weight is 354 g/mol. The van der Waals surface area contributed by atoms with Crippen LogP contribution in [-0.2, 0) is 11.8 Å². The molecule has 4 rings (SSSR count). The molecule has 1 aliphatic heterocycles. The van der Waals surface area contributed by atoms with Crippen molar-refractivity contribution in [1.29, 1.82) is 0 Å². The smallest absolute Gasteiger partial charge is 0.262 e. The summed E-state index contributed by atoms with van der Waals surface area (Å²) in [6.07, 6.45) is 5.65. The summed E-state index contributed by atoms with van der Waals surface area (Å²) in [7, 11) is 3.16. The number of rotatable bonds is 5. The van der Waals surface area contributed by atoms with Gasteiger partial charge in [-0.05, 0) is 30.9 Å². The second-order valence-electron chi connectivity index (χ2n) is 6.33. The fourth-order valence-corrected chi connectivity index (χ4v) is 2.83. The minimum atomic E-state index is -0.351. The fourth-order valence-electron chi connectivity index (χ4n) is 2.83. The lowest BCUT2D eigenvalue weighted by molar-refractivity contribution is -0.117. The Morgan fingerprint density at radius 3 is 2.81 bits per heavy atom. The number of carbonyl (C=O) groups excluding carboxylic acids is 2. The summed E-state index contributed by atoms with van der Waals surface area (Å²) < 4.78 is 6.59. The Hall–Kier alpha value is -3.23. The Morgan fingerprint density at radius 1 is 1.35 bits per heavy atom. The van der Waals surface area contributed by atoms with Crippen LogP contribution >= 0.6 is 0 Å². The average Bonchev–Trinajstić information content (AvgIpc) is 3.31. The Morgan fingerprint density at radius 2 is 2.15 bits per heavy atom. The van der Waals surface area contributed by atoms with Crippen molar-refractivity contribution in [3.63, 3.8) is 0 Å². The van der Waals surface area contributed by atoms with E-state index in [1.54, 1.807) is 25.4 Å². The number of ether oxygens (including phenoxy) is 1. The normalized spacial score (nSPS) is 16.6. The van der Waals surface area contributed by atoms with Crippen molar-refractivity contribution >= 4 is 29.0 Å². The van der Waals surface area contributed by atoms with Gasteiger partial charge in [-0.2, -0.15) is 10.1 Å². The first kappa shape index (κ1) is 16.2. The van der Waals surface area contributed by atoms with Gasteiger partial charge in [0, 0.05) is 13.2 Å². The van der Waals surface area contributed by atoms with Gasteiger partial charge in [0.15, 0.2) is 5.82 Å². The number of hydrogen-bond acceptors (Lipinski definition) is 6. The number of nitrogens with one attached hydrogen (secondary N) is 1. The van der Waals surface area contributed by atoms with Crippen molar-refractivity contribution in [2.75, 3.05) is 17.4 Å². The highest BCUT2D eigenvalue weighted by molar-refractivity contribution is 6.14. The molecule has 0 bridgehead atoms. The molecule has 0 atom stereocenters. The van der Waals surface area contributed by atoms with E-state index in [4.69, 9.17) is 4.74 Å². The molecule has 2 aromatic rings. The number of anilines is 2. The van der Waals surface area contributed by atoms with Crippen molar-refractivity contribution in [3.05, 3.63) is 30.1 Å². The number of nitrogens with zero attached hydrogens (tertiary/aromatic N) is 5. The van der Waals surface area contributed by atoms with E-state index >= 15 is 0 Å². The summed E-state index contributed by atoms with van der Waals surface area (Å²) in [6, 6.07) is 3.34. The maximum absolute atomic E-state index is 12.4. The number of carbonyl (C=O) groups is 2. The first-order chi connectivity index (χ1) is 12.5. The summed E-state index contributed by atoms with van der Waals surface area (Å²) in [5.41, 5.74) is 1.77. The van der Waals surface area contributed by atoms with E-state index in [1.807, 2.05) is 0 Å². The highest BCUT2D eigenvalue weighted by Crippen LogP contribution is 2.35. The summed E-state index contributed by atoms with van der Waals surface area (Å²) in [5.74, 6) is 0.728. The van der Waals surface area contributed by atoms with Gasteiger partial charge in [0.1, 0.15) is 5.56 Å². The molecule has 2 aliphatic rings. The molecule has 0 radical (unpaired) electrons. The standard InChI is InChI=1S/C17H18N6O3/c1-22-9-12(17(21-22)26-2)16(25)19-11-5-6-14(18-8-11)23-15(24)7-13(20-23)10-3-4-10/h5-6,8-10H,3-4,7H2,1-2H3,(H,19,25). The van der Waals surface area contributed by atoms with Crippen molar-refractivity contribution in [1.82, 2.24) is 14.8 Å². The van der Waals surface area contributed by atoms with Crippen LogP contribution in [0.5, 0.6) is 5.88 Å². The third kappa shape index (κ3) is 3.03. The van der Waals surface area contributed by atoms with Crippen molar-refractivity contribution < 1.29 is 14.3 Å². The van der Waals surface area contributed by atoms with E-state index in [1.165, 1.54) is 23.0 Å². The lowest BCUT2D eigenvalue weighted by atomic mass is 10.2. The molecule has 1 N–H and O–H groups in total. The van der Waals surface area contributed by atoms with Gasteiger partial charge >= 0.3 is 0 Å². The minimum absolute atomic E-state index is 0.0729. The van der Waals surface area contributed by atoms with E-state index in [0.29, 0.717) is 29.4 Å². The molecule has 1 aliphatic carbocycles. The summed E-state index contributed by atoms with van der Waals surface area (Å²) >= 11 is 0. The third-order valence-corrected chi connectivity index (χ3v) is 4.30. The molecule has 0 spiro atoms. The topological polar surface area (TPSA) is 102 Å². The molecule has 2 aromatic heterocycles. The second kappa shape index (κ2) is 6.25. The van der Waals surface area contributed by atoms with Crippen LogP contribution in [0, 0.1) is 5.92 Å². The van der Waals surface area contributed by atoms with Crippen LogP contribution in [0.2, 0.25) is 0 Å². The number of pyridine rings is 1.